The van der Waals surface area contributed by atoms with Crippen molar-refractivity contribution in [3.05, 3.63) is 0 Å². The van der Waals surface area contributed by atoms with Crippen LogP contribution >= 0.6 is 0 Å². The molecule has 1 aliphatic heterocycles. The van der Waals surface area contributed by atoms with E-state index in [9.17, 15) is 8.42 Å². The summed E-state index contributed by atoms with van der Waals surface area (Å²) in [5.41, 5.74) is 0. The first kappa shape index (κ1) is 22.4. The number of methoxy groups -OCH3 is 2. The van der Waals surface area contributed by atoms with Crippen LogP contribution in [0.25, 0.3) is 0 Å². The van der Waals surface area contributed by atoms with Crippen molar-refractivity contribution in [3.8, 4) is 0 Å². The highest BCUT2D eigenvalue weighted by Crippen LogP contribution is 2.32. The van der Waals surface area contributed by atoms with Gasteiger partial charge in [-0.3, -0.25) is 0 Å². The van der Waals surface area contributed by atoms with Crippen molar-refractivity contribution in [2.24, 2.45) is 0 Å². The first-order valence-corrected chi connectivity index (χ1v) is 11.0. The standard InChI is InChI=1S/C8H16O12S4/c1-14-6-5(17-18-9)4(3-23(12,21)19-10)16-8(15-2)7(6)24(13,22)20-11/h4-11H,3H2,1-2H3/t4?,5-,6+,7?,8+,23?,24?/m1/s1. The maximum absolute atomic E-state index is 12.2. The van der Waals surface area contributed by atoms with Crippen molar-refractivity contribution in [1.82, 2.24) is 0 Å². The molecule has 1 fully saturated rings. The molecule has 1 rings (SSSR count). The largest absolute Gasteiger partial charge is 0.377 e. The van der Waals surface area contributed by atoms with Crippen LogP contribution in [-0.4, -0.2) is 74.0 Å². The molecule has 0 bridgehead atoms. The first-order valence-electron chi connectivity index (χ1n) is 5.98. The summed E-state index contributed by atoms with van der Waals surface area (Å²) in [7, 11) is -5.15. The molecule has 0 spiro atoms. The molecule has 0 aliphatic carbocycles. The van der Waals surface area contributed by atoms with Gasteiger partial charge in [-0.05, 0) is 0 Å². The molecule has 1 saturated heterocycles. The smallest absolute Gasteiger partial charge is 0.184 e. The molecular weight excluding hydrogens is 416 g/mol. The Morgan fingerprint density at radius 2 is 1.67 bits per heavy atom. The van der Waals surface area contributed by atoms with Crippen molar-refractivity contribution in [2.75, 3.05) is 20.0 Å². The summed E-state index contributed by atoms with van der Waals surface area (Å²) in [5, 5.41) is 28.1. The Labute approximate surface area is 147 Å². The average Bonchev–Trinajstić information content (AvgIpc) is 2.55. The normalized spacial score (nSPS) is 36.0. The van der Waals surface area contributed by atoms with Crippen LogP contribution in [0.3, 0.4) is 0 Å². The first-order chi connectivity index (χ1) is 11.2. The molecule has 0 aromatic heterocycles. The van der Waals surface area contributed by atoms with E-state index in [1.807, 2.05) is 0 Å². The van der Waals surface area contributed by atoms with Gasteiger partial charge in [0.2, 0.25) is 0 Å². The molecule has 4 unspecified atom stereocenters. The summed E-state index contributed by atoms with van der Waals surface area (Å²) in [6, 6.07) is 0. The van der Waals surface area contributed by atoms with E-state index in [4.69, 9.17) is 30.0 Å². The molecule has 0 amide bonds. The lowest BCUT2D eigenvalue weighted by molar-refractivity contribution is -0.521. The third-order valence-corrected chi connectivity index (χ3v) is 6.94. The maximum Gasteiger partial charge on any atom is 0.184 e. The van der Waals surface area contributed by atoms with Crippen molar-refractivity contribution in [3.63, 3.8) is 0 Å². The van der Waals surface area contributed by atoms with Crippen LogP contribution in [0.2, 0.25) is 0 Å². The van der Waals surface area contributed by atoms with Gasteiger partial charge in [0.1, 0.15) is 17.5 Å². The molecule has 0 saturated carbocycles. The molecule has 0 aromatic carbocycles. The Kier molecular flexibility index (Phi) is 8.70. The summed E-state index contributed by atoms with van der Waals surface area (Å²) >= 11 is 9.21. The van der Waals surface area contributed by atoms with Crippen LogP contribution < -0.4 is 0 Å². The average molecular weight is 432 g/mol. The quantitative estimate of drug-likeness (QED) is 0.295. The van der Waals surface area contributed by atoms with E-state index in [1.54, 1.807) is 0 Å². The van der Waals surface area contributed by atoms with Crippen LogP contribution in [0.4, 0.5) is 0 Å². The number of rotatable bonds is 9. The van der Waals surface area contributed by atoms with E-state index < -0.39 is 53.2 Å². The third kappa shape index (κ3) is 5.17. The van der Waals surface area contributed by atoms with Gasteiger partial charge in [-0.15, -0.1) is 8.67 Å². The second-order valence-electron chi connectivity index (χ2n) is 4.45. The zero-order valence-corrected chi connectivity index (χ0v) is 15.5. The van der Waals surface area contributed by atoms with Gasteiger partial charge in [-0.1, -0.05) is 5.04 Å². The zero-order valence-electron chi connectivity index (χ0n) is 12.2. The zero-order chi connectivity index (χ0) is 18.5. The van der Waals surface area contributed by atoms with E-state index in [-0.39, 0.29) is 0 Å². The second-order valence-corrected chi connectivity index (χ2v) is 10.6. The number of ether oxygens (including phenoxy) is 3. The molecule has 0 radical (unpaired) electrons. The number of hydrogen-bond acceptors (Lipinski definition) is 14. The predicted molar refractivity (Wildman–Crippen MR) is 82.2 cm³/mol. The summed E-state index contributed by atoms with van der Waals surface area (Å²) < 4.78 is 47.1. The predicted octanol–water partition coefficient (Wildman–Crippen LogP) is -1.17. The lowest BCUT2D eigenvalue weighted by Gasteiger charge is -2.43. The minimum absolute atomic E-state index is 0.613. The molecule has 3 N–H and O–H groups in total. The Balaban J connectivity index is 3.28. The highest BCUT2D eigenvalue weighted by Gasteiger charge is 2.54. The maximum atomic E-state index is 12.2. The molecule has 1 heterocycles. The molecule has 0 aromatic rings. The Bertz CT molecular complexity index is 590. The van der Waals surface area contributed by atoms with Crippen LogP contribution in [0.15, 0.2) is 0 Å². The van der Waals surface area contributed by atoms with Gasteiger partial charge in [0, 0.05) is 36.6 Å². The van der Waals surface area contributed by atoms with Gasteiger partial charge in [-0.2, -0.15) is 4.89 Å². The SMILES string of the molecule is CO[C@H]1OC(CS(=O)(=S)OO)[C@@H](OOO)[C@H](OC)C1S(=O)(=S)OO. The summed E-state index contributed by atoms with van der Waals surface area (Å²) in [6.07, 6.45) is -5.35. The van der Waals surface area contributed by atoms with Crippen LogP contribution in [0.1, 0.15) is 0 Å². The molecule has 12 nitrogen and oxygen atoms in total. The fourth-order valence-corrected chi connectivity index (χ4v) is 5.10. The van der Waals surface area contributed by atoms with Crippen molar-refractivity contribution in [1.29, 1.82) is 0 Å². The topological polar surface area (TPSA) is 159 Å². The summed E-state index contributed by atoms with van der Waals surface area (Å²) in [6.45, 7) is 0. The van der Waals surface area contributed by atoms with Crippen molar-refractivity contribution < 1.29 is 57.0 Å². The highest BCUT2D eigenvalue weighted by molar-refractivity contribution is 8.30. The molecule has 24 heavy (non-hydrogen) atoms. The molecule has 16 heteroatoms. The summed E-state index contributed by atoms with van der Waals surface area (Å²) in [4.78, 5) is 4.58. The van der Waals surface area contributed by atoms with Crippen LogP contribution in [0, 0.1) is 0 Å². The number of hydrogen-bond donors (Lipinski definition) is 3. The minimum Gasteiger partial charge on any atom is -0.377 e. The third-order valence-electron chi connectivity index (χ3n) is 3.17. The lowest BCUT2D eigenvalue weighted by atomic mass is 10.0. The minimum atomic E-state index is -3.85. The lowest BCUT2D eigenvalue weighted by Crippen LogP contribution is -2.63. The highest BCUT2D eigenvalue weighted by atomic mass is 32.8. The molecular formula is C8H16O12S4. The van der Waals surface area contributed by atoms with Gasteiger partial charge in [0.05, 0.1) is 5.75 Å². The van der Waals surface area contributed by atoms with E-state index in [0.29, 0.717) is 0 Å². The van der Waals surface area contributed by atoms with Crippen LogP contribution in [-0.2, 0) is 72.7 Å². The fraction of sp³-hybridized carbons (Fsp3) is 1.00. The van der Waals surface area contributed by atoms with Gasteiger partial charge >= 0.3 is 0 Å². The van der Waals surface area contributed by atoms with Crippen molar-refractivity contribution >= 4 is 39.9 Å². The van der Waals surface area contributed by atoms with E-state index >= 15 is 0 Å². The second kappa shape index (κ2) is 9.33. The van der Waals surface area contributed by atoms with Gasteiger partial charge in [0.25, 0.3) is 0 Å². The molecule has 1 aliphatic rings. The molecule has 7 atom stereocenters. The Hall–Kier alpha value is 0.340. The van der Waals surface area contributed by atoms with Gasteiger partial charge < -0.3 is 14.2 Å². The van der Waals surface area contributed by atoms with E-state index in [1.165, 1.54) is 7.11 Å². The summed E-state index contributed by atoms with van der Waals surface area (Å²) in [5.74, 6) is -0.613. The van der Waals surface area contributed by atoms with E-state index in [2.05, 4.69) is 41.0 Å². The Morgan fingerprint density at radius 3 is 2.08 bits per heavy atom. The monoisotopic (exact) mass is 432 g/mol. The molecule has 144 valence electrons. The van der Waals surface area contributed by atoms with Crippen molar-refractivity contribution in [2.45, 2.75) is 29.9 Å². The van der Waals surface area contributed by atoms with E-state index in [0.717, 1.165) is 7.11 Å². The van der Waals surface area contributed by atoms with Gasteiger partial charge in [0.15, 0.2) is 29.9 Å². The fourth-order valence-electron chi connectivity index (χ4n) is 2.22. The van der Waals surface area contributed by atoms with Gasteiger partial charge in [-0.25, -0.2) is 24.2 Å². The Morgan fingerprint density at radius 1 is 1.04 bits per heavy atom. The van der Waals surface area contributed by atoms with Crippen LogP contribution in [0.5, 0.6) is 0 Å².